The van der Waals surface area contributed by atoms with Crippen LogP contribution >= 0.6 is 0 Å². The lowest BCUT2D eigenvalue weighted by atomic mass is 10.1. The number of rotatable bonds is 7. The molecule has 2 rings (SSSR count). The van der Waals surface area contributed by atoms with Crippen molar-refractivity contribution < 1.29 is 19.4 Å². The van der Waals surface area contributed by atoms with Crippen molar-refractivity contribution >= 4 is 17.5 Å². The molecule has 0 radical (unpaired) electrons. The summed E-state index contributed by atoms with van der Waals surface area (Å²) in [4.78, 5) is 14.7. The van der Waals surface area contributed by atoms with E-state index in [0.29, 0.717) is 17.3 Å². The third-order valence-electron chi connectivity index (χ3n) is 2.94. The minimum Gasteiger partial charge on any atom is -0.493 e. The summed E-state index contributed by atoms with van der Waals surface area (Å²) < 4.78 is 10.4. The van der Waals surface area contributed by atoms with E-state index in [4.69, 9.17) is 14.6 Å². The molecular weight excluding hydrogens is 298 g/mol. The number of pyridine rings is 1. The van der Waals surface area contributed by atoms with Gasteiger partial charge in [-0.3, -0.25) is 5.43 Å². The molecule has 7 nitrogen and oxygen atoms in total. The third kappa shape index (κ3) is 4.70. The average Bonchev–Trinajstić information content (AvgIpc) is 2.58. The predicted molar refractivity (Wildman–Crippen MR) is 86.2 cm³/mol. The van der Waals surface area contributed by atoms with E-state index in [0.717, 1.165) is 11.3 Å². The topological polar surface area (TPSA) is 93.0 Å². The maximum absolute atomic E-state index is 10.6. The Labute approximate surface area is 133 Å². The summed E-state index contributed by atoms with van der Waals surface area (Å²) >= 11 is 0. The van der Waals surface area contributed by atoms with Gasteiger partial charge in [0.15, 0.2) is 18.1 Å². The zero-order valence-corrected chi connectivity index (χ0v) is 12.8. The number of nitrogens with one attached hydrogen (secondary N) is 1. The van der Waals surface area contributed by atoms with E-state index in [1.54, 1.807) is 30.5 Å². The van der Waals surface area contributed by atoms with Crippen LogP contribution in [0.4, 0.5) is 5.82 Å². The Balaban J connectivity index is 2.14. The fourth-order valence-electron chi connectivity index (χ4n) is 1.79. The molecule has 1 heterocycles. The number of carboxylic acid groups (broad SMARTS) is 1. The van der Waals surface area contributed by atoms with Gasteiger partial charge in [0.05, 0.1) is 12.8 Å². The number of carbonyl (C=O) groups is 1. The van der Waals surface area contributed by atoms with Gasteiger partial charge in [-0.1, -0.05) is 6.07 Å². The minimum absolute atomic E-state index is 0.365. The standard InChI is InChI=1S/C16H17N3O4/c1-11(18-19-15-5-3-4-8-17-15)12-6-7-13(14(9-12)22-2)23-10-16(20)21/h3-9H,10H2,1-2H3,(H,17,19)(H,20,21)/b18-11-. The molecule has 0 atom stereocenters. The van der Waals surface area contributed by atoms with Crippen LogP contribution in [0.15, 0.2) is 47.7 Å². The molecule has 0 unspecified atom stereocenters. The Hall–Kier alpha value is -3.09. The average molecular weight is 315 g/mol. The predicted octanol–water partition coefficient (Wildman–Crippen LogP) is 2.39. The molecule has 120 valence electrons. The number of hydrazone groups is 1. The number of carboxylic acids is 1. The fourth-order valence-corrected chi connectivity index (χ4v) is 1.79. The molecule has 2 N–H and O–H groups in total. The molecule has 0 aliphatic carbocycles. The van der Waals surface area contributed by atoms with Crippen molar-refractivity contribution in [1.82, 2.24) is 4.98 Å². The highest BCUT2D eigenvalue weighted by Gasteiger charge is 2.09. The van der Waals surface area contributed by atoms with Gasteiger partial charge < -0.3 is 14.6 Å². The van der Waals surface area contributed by atoms with Crippen LogP contribution in [0.2, 0.25) is 0 Å². The van der Waals surface area contributed by atoms with Crippen molar-refractivity contribution in [1.29, 1.82) is 0 Å². The molecule has 7 heteroatoms. The summed E-state index contributed by atoms with van der Waals surface area (Å²) in [6.07, 6.45) is 1.67. The van der Waals surface area contributed by atoms with E-state index in [-0.39, 0.29) is 0 Å². The van der Waals surface area contributed by atoms with E-state index < -0.39 is 12.6 Å². The molecule has 0 aliphatic heterocycles. The molecule has 0 aliphatic rings. The monoisotopic (exact) mass is 315 g/mol. The number of aromatic nitrogens is 1. The summed E-state index contributed by atoms with van der Waals surface area (Å²) in [6, 6.07) is 10.6. The highest BCUT2D eigenvalue weighted by atomic mass is 16.5. The zero-order chi connectivity index (χ0) is 16.7. The Morgan fingerprint density at radius 3 is 2.78 bits per heavy atom. The van der Waals surface area contributed by atoms with E-state index in [1.165, 1.54) is 7.11 Å². The van der Waals surface area contributed by atoms with Crippen LogP contribution in [0.5, 0.6) is 11.5 Å². The molecule has 23 heavy (non-hydrogen) atoms. The summed E-state index contributed by atoms with van der Waals surface area (Å²) in [5.41, 5.74) is 4.40. The second-order valence-corrected chi connectivity index (χ2v) is 4.57. The first kappa shape index (κ1) is 16.3. The second-order valence-electron chi connectivity index (χ2n) is 4.57. The van der Waals surface area contributed by atoms with Gasteiger partial charge in [-0.05, 0) is 37.3 Å². The molecule has 0 bridgehead atoms. The quantitative estimate of drug-likeness (QED) is 0.602. The smallest absolute Gasteiger partial charge is 0.341 e. The molecule has 2 aromatic rings. The summed E-state index contributed by atoms with van der Waals surface area (Å²) in [5, 5.41) is 12.9. The van der Waals surface area contributed by atoms with Crippen molar-refractivity contribution in [3.8, 4) is 11.5 Å². The Bertz CT molecular complexity index is 702. The van der Waals surface area contributed by atoms with Crippen molar-refractivity contribution in [2.75, 3.05) is 19.1 Å². The first-order chi connectivity index (χ1) is 11.1. The van der Waals surface area contributed by atoms with Crippen molar-refractivity contribution in [2.24, 2.45) is 5.10 Å². The van der Waals surface area contributed by atoms with Gasteiger partial charge in [0.1, 0.15) is 5.82 Å². The van der Waals surface area contributed by atoms with Gasteiger partial charge >= 0.3 is 5.97 Å². The number of nitrogens with zero attached hydrogens (tertiary/aromatic N) is 2. The first-order valence-corrected chi connectivity index (χ1v) is 6.84. The Morgan fingerprint density at radius 2 is 2.13 bits per heavy atom. The lowest BCUT2D eigenvalue weighted by molar-refractivity contribution is -0.139. The number of ether oxygens (including phenoxy) is 2. The molecule has 0 amide bonds. The van der Waals surface area contributed by atoms with Crippen molar-refractivity contribution in [2.45, 2.75) is 6.92 Å². The number of methoxy groups -OCH3 is 1. The highest BCUT2D eigenvalue weighted by molar-refractivity contribution is 5.99. The van der Waals surface area contributed by atoms with E-state index in [1.807, 2.05) is 19.1 Å². The first-order valence-electron chi connectivity index (χ1n) is 6.84. The number of benzene rings is 1. The van der Waals surface area contributed by atoms with Crippen molar-refractivity contribution in [3.05, 3.63) is 48.2 Å². The summed E-state index contributed by atoms with van der Waals surface area (Å²) in [7, 11) is 1.49. The maximum atomic E-state index is 10.6. The summed E-state index contributed by atoms with van der Waals surface area (Å²) in [5.74, 6) is 0.397. The van der Waals surface area contributed by atoms with Crippen LogP contribution in [0.3, 0.4) is 0 Å². The van der Waals surface area contributed by atoms with E-state index in [9.17, 15) is 4.79 Å². The van der Waals surface area contributed by atoms with Gasteiger partial charge in [-0.15, -0.1) is 0 Å². The van der Waals surface area contributed by atoms with Gasteiger partial charge in [0, 0.05) is 11.8 Å². The highest BCUT2D eigenvalue weighted by Crippen LogP contribution is 2.28. The lowest BCUT2D eigenvalue weighted by Gasteiger charge is -2.11. The van der Waals surface area contributed by atoms with Crippen LogP contribution < -0.4 is 14.9 Å². The lowest BCUT2D eigenvalue weighted by Crippen LogP contribution is -2.10. The largest absolute Gasteiger partial charge is 0.493 e. The molecular formula is C16H17N3O4. The van der Waals surface area contributed by atoms with Gasteiger partial charge in [-0.25, -0.2) is 9.78 Å². The fraction of sp³-hybridized carbons (Fsp3) is 0.188. The van der Waals surface area contributed by atoms with Gasteiger partial charge in [0.25, 0.3) is 0 Å². The van der Waals surface area contributed by atoms with Crippen LogP contribution in [0, 0.1) is 0 Å². The number of hydrogen-bond donors (Lipinski definition) is 2. The van der Waals surface area contributed by atoms with Crippen molar-refractivity contribution in [3.63, 3.8) is 0 Å². The van der Waals surface area contributed by atoms with E-state index in [2.05, 4.69) is 15.5 Å². The third-order valence-corrected chi connectivity index (χ3v) is 2.94. The van der Waals surface area contributed by atoms with Crippen LogP contribution in [-0.2, 0) is 4.79 Å². The SMILES string of the molecule is COc1cc(/C(C)=N\Nc2ccccn2)ccc1OCC(=O)O. The number of aliphatic carboxylic acids is 1. The number of anilines is 1. The zero-order valence-electron chi connectivity index (χ0n) is 12.8. The van der Waals surface area contributed by atoms with Crippen LogP contribution in [-0.4, -0.2) is 35.5 Å². The van der Waals surface area contributed by atoms with Crippen LogP contribution in [0.25, 0.3) is 0 Å². The second kappa shape index (κ2) is 7.79. The number of hydrogen-bond acceptors (Lipinski definition) is 6. The molecule has 0 saturated heterocycles. The van der Waals surface area contributed by atoms with Gasteiger partial charge in [-0.2, -0.15) is 5.10 Å². The molecule has 0 fully saturated rings. The molecule has 1 aromatic heterocycles. The van der Waals surface area contributed by atoms with Gasteiger partial charge in [0.2, 0.25) is 0 Å². The maximum Gasteiger partial charge on any atom is 0.341 e. The Kier molecular flexibility index (Phi) is 5.51. The molecule has 1 aromatic carbocycles. The van der Waals surface area contributed by atoms with E-state index >= 15 is 0 Å². The normalized spacial score (nSPS) is 11.0. The summed E-state index contributed by atoms with van der Waals surface area (Å²) in [6.45, 7) is 1.41. The molecule has 0 saturated carbocycles. The van der Waals surface area contributed by atoms with Crippen LogP contribution in [0.1, 0.15) is 12.5 Å². The minimum atomic E-state index is -1.05. The molecule has 0 spiro atoms. The Morgan fingerprint density at radius 1 is 1.30 bits per heavy atom.